The summed E-state index contributed by atoms with van der Waals surface area (Å²) in [5, 5.41) is 6.96. The van der Waals surface area contributed by atoms with E-state index < -0.39 is 5.72 Å². The van der Waals surface area contributed by atoms with Crippen LogP contribution < -0.4 is 14.2 Å². The van der Waals surface area contributed by atoms with Crippen LogP contribution in [0, 0.1) is 0 Å². The van der Waals surface area contributed by atoms with E-state index in [1.807, 2.05) is 36.4 Å². The number of hydrogen-bond acceptors (Lipinski definition) is 5. The lowest BCUT2D eigenvalue weighted by Gasteiger charge is -2.43. The molecule has 0 fully saturated rings. The van der Waals surface area contributed by atoms with Crippen molar-refractivity contribution in [2.24, 2.45) is 5.10 Å². The zero-order chi connectivity index (χ0) is 17.6. The summed E-state index contributed by atoms with van der Waals surface area (Å²) in [6.45, 7) is 4.11. The largest absolute Gasteiger partial charge is 0.493 e. The van der Waals surface area contributed by atoms with Crippen LogP contribution in [0.3, 0.4) is 0 Å². The molecule has 5 nitrogen and oxygen atoms in total. The smallest absolute Gasteiger partial charge is 0.192 e. The molecule has 0 amide bonds. The van der Waals surface area contributed by atoms with E-state index in [0.29, 0.717) is 5.75 Å². The van der Waals surface area contributed by atoms with Crippen LogP contribution >= 0.6 is 0 Å². The predicted molar refractivity (Wildman–Crippen MR) is 96.4 cm³/mol. The van der Waals surface area contributed by atoms with Gasteiger partial charge in [0.15, 0.2) is 17.2 Å². The summed E-state index contributed by atoms with van der Waals surface area (Å²) in [4.78, 5) is 0. The van der Waals surface area contributed by atoms with Gasteiger partial charge in [0.05, 0.1) is 26.0 Å². The molecule has 5 heteroatoms. The van der Waals surface area contributed by atoms with Crippen LogP contribution in [0.4, 0.5) is 0 Å². The van der Waals surface area contributed by atoms with Gasteiger partial charge in [-0.25, -0.2) is 5.01 Å². The quantitative estimate of drug-likeness (QED) is 0.849. The van der Waals surface area contributed by atoms with E-state index in [4.69, 9.17) is 19.3 Å². The maximum absolute atomic E-state index is 6.17. The summed E-state index contributed by atoms with van der Waals surface area (Å²) in [5.74, 6) is 2.37. The highest BCUT2D eigenvalue weighted by atomic mass is 16.5. The number of benzene rings is 2. The van der Waals surface area contributed by atoms with E-state index in [9.17, 15) is 0 Å². The lowest BCUT2D eigenvalue weighted by Crippen LogP contribution is -2.48. The second-order valence-corrected chi connectivity index (χ2v) is 6.77. The summed E-state index contributed by atoms with van der Waals surface area (Å²) < 4.78 is 16.9. The molecule has 130 valence electrons. The average molecular weight is 338 g/mol. The van der Waals surface area contributed by atoms with Crippen LogP contribution in [-0.2, 0) is 0 Å². The number of hydrazone groups is 1. The Morgan fingerprint density at radius 1 is 1.08 bits per heavy atom. The minimum Gasteiger partial charge on any atom is -0.493 e. The van der Waals surface area contributed by atoms with Crippen molar-refractivity contribution in [1.29, 1.82) is 0 Å². The van der Waals surface area contributed by atoms with Crippen LogP contribution in [0.1, 0.15) is 37.4 Å². The van der Waals surface area contributed by atoms with Crippen molar-refractivity contribution < 1.29 is 14.2 Å². The molecule has 0 bridgehead atoms. The highest BCUT2D eigenvalue weighted by molar-refractivity contribution is 6.02. The van der Waals surface area contributed by atoms with E-state index in [1.54, 1.807) is 14.2 Å². The SMILES string of the molecule is COc1ccc(C2=NN3C(C2)c2ccccc2OC3(C)C)cc1OC. The summed E-state index contributed by atoms with van der Waals surface area (Å²) in [6, 6.07) is 14.3. The topological polar surface area (TPSA) is 43.3 Å². The van der Waals surface area contributed by atoms with Gasteiger partial charge in [0, 0.05) is 17.5 Å². The Morgan fingerprint density at radius 3 is 2.60 bits per heavy atom. The number of rotatable bonds is 3. The van der Waals surface area contributed by atoms with E-state index in [0.717, 1.165) is 29.2 Å². The second kappa shape index (κ2) is 5.69. The number of fused-ring (bicyclic) bond motifs is 3. The molecule has 1 unspecified atom stereocenters. The van der Waals surface area contributed by atoms with Gasteiger partial charge >= 0.3 is 0 Å². The van der Waals surface area contributed by atoms with Gasteiger partial charge in [0.25, 0.3) is 0 Å². The van der Waals surface area contributed by atoms with E-state index >= 15 is 0 Å². The summed E-state index contributed by atoms with van der Waals surface area (Å²) in [7, 11) is 3.29. The summed E-state index contributed by atoms with van der Waals surface area (Å²) in [6.07, 6.45) is 0.833. The molecule has 1 atom stereocenters. The highest BCUT2D eigenvalue weighted by Gasteiger charge is 2.44. The maximum atomic E-state index is 6.17. The standard InChI is InChI=1S/C20H22N2O3/c1-20(2)22-16(14-7-5-6-8-17(14)25-20)12-15(21-22)13-9-10-18(23-3)19(11-13)24-4/h5-11,16H,12H2,1-4H3. The second-order valence-electron chi connectivity index (χ2n) is 6.77. The first-order valence-electron chi connectivity index (χ1n) is 8.40. The molecule has 4 rings (SSSR count). The molecule has 2 aromatic carbocycles. The van der Waals surface area contributed by atoms with Crippen molar-refractivity contribution in [3.05, 3.63) is 53.6 Å². The average Bonchev–Trinajstić information content (AvgIpc) is 3.07. The fourth-order valence-corrected chi connectivity index (χ4v) is 3.60. The molecule has 0 aromatic heterocycles. The van der Waals surface area contributed by atoms with E-state index in [2.05, 4.69) is 24.9 Å². The fourth-order valence-electron chi connectivity index (χ4n) is 3.60. The van der Waals surface area contributed by atoms with Crippen LogP contribution in [0.5, 0.6) is 17.2 Å². The molecule has 0 N–H and O–H groups in total. The van der Waals surface area contributed by atoms with E-state index in [1.165, 1.54) is 5.56 Å². The molecular weight excluding hydrogens is 316 g/mol. The molecule has 2 aliphatic heterocycles. The van der Waals surface area contributed by atoms with Crippen LogP contribution in [0.2, 0.25) is 0 Å². The molecule has 0 saturated carbocycles. The van der Waals surface area contributed by atoms with Gasteiger partial charge in [0.2, 0.25) is 0 Å². The number of ether oxygens (including phenoxy) is 3. The Balaban J connectivity index is 1.74. The van der Waals surface area contributed by atoms with Crippen molar-refractivity contribution in [2.45, 2.75) is 32.0 Å². The number of methoxy groups -OCH3 is 2. The lowest BCUT2D eigenvalue weighted by molar-refractivity contribution is -0.0911. The van der Waals surface area contributed by atoms with Gasteiger partial charge in [0.1, 0.15) is 5.75 Å². The number of nitrogens with zero attached hydrogens (tertiary/aromatic N) is 2. The Labute approximate surface area is 147 Å². The van der Waals surface area contributed by atoms with Crippen molar-refractivity contribution in [3.8, 4) is 17.2 Å². The molecule has 0 saturated heterocycles. The first kappa shape index (κ1) is 15.8. The Hall–Kier alpha value is -2.69. The monoisotopic (exact) mass is 338 g/mol. The molecule has 25 heavy (non-hydrogen) atoms. The molecule has 0 aliphatic carbocycles. The van der Waals surface area contributed by atoms with Crippen LogP contribution in [-0.4, -0.2) is 30.7 Å². The van der Waals surface area contributed by atoms with Crippen molar-refractivity contribution in [1.82, 2.24) is 5.01 Å². The number of para-hydroxylation sites is 1. The normalized spacial score (nSPS) is 20.2. The molecule has 2 aliphatic rings. The van der Waals surface area contributed by atoms with Crippen LogP contribution in [0.25, 0.3) is 0 Å². The van der Waals surface area contributed by atoms with Crippen molar-refractivity contribution in [2.75, 3.05) is 14.2 Å². The van der Waals surface area contributed by atoms with Crippen molar-refractivity contribution in [3.63, 3.8) is 0 Å². The maximum Gasteiger partial charge on any atom is 0.192 e. The van der Waals surface area contributed by atoms with Gasteiger partial charge in [-0.05, 0) is 38.1 Å². The summed E-state index contributed by atoms with van der Waals surface area (Å²) in [5.41, 5.74) is 2.76. The highest BCUT2D eigenvalue weighted by Crippen LogP contribution is 2.46. The zero-order valence-electron chi connectivity index (χ0n) is 14.9. The van der Waals surface area contributed by atoms with Gasteiger partial charge in [-0.3, -0.25) is 0 Å². The molecule has 0 radical (unpaired) electrons. The van der Waals surface area contributed by atoms with Gasteiger partial charge in [-0.15, -0.1) is 0 Å². The third-order valence-corrected chi connectivity index (χ3v) is 4.82. The Morgan fingerprint density at radius 2 is 1.84 bits per heavy atom. The van der Waals surface area contributed by atoms with Crippen molar-refractivity contribution >= 4 is 5.71 Å². The first-order valence-corrected chi connectivity index (χ1v) is 8.40. The number of hydrogen-bond donors (Lipinski definition) is 0. The molecule has 2 aromatic rings. The third kappa shape index (κ3) is 2.51. The fraction of sp³-hybridized carbons (Fsp3) is 0.350. The first-order chi connectivity index (χ1) is 12.0. The van der Waals surface area contributed by atoms with Gasteiger partial charge in [-0.2, -0.15) is 5.10 Å². The zero-order valence-corrected chi connectivity index (χ0v) is 14.9. The Bertz CT molecular complexity index is 845. The lowest BCUT2D eigenvalue weighted by atomic mass is 9.95. The third-order valence-electron chi connectivity index (χ3n) is 4.82. The molecule has 2 heterocycles. The minimum atomic E-state index is -0.489. The van der Waals surface area contributed by atoms with E-state index in [-0.39, 0.29) is 6.04 Å². The Kier molecular flexibility index (Phi) is 3.60. The van der Waals surface area contributed by atoms with Gasteiger partial charge in [-0.1, -0.05) is 18.2 Å². The minimum absolute atomic E-state index is 0.183. The summed E-state index contributed by atoms with van der Waals surface area (Å²) >= 11 is 0. The van der Waals surface area contributed by atoms with Gasteiger partial charge < -0.3 is 14.2 Å². The molecular formula is C20H22N2O3. The molecule has 0 spiro atoms. The predicted octanol–water partition coefficient (Wildman–Crippen LogP) is 3.98. The van der Waals surface area contributed by atoms with Crippen LogP contribution in [0.15, 0.2) is 47.6 Å².